The number of guanidine groups is 1. The summed E-state index contributed by atoms with van der Waals surface area (Å²) in [5.41, 5.74) is 0.898. The van der Waals surface area contributed by atoms with E-state index in [4.69, 9.17) is 4.42 Å². The molecule has 0 aliphatic carbocycles. The van der Waals surface area contributed by atoms with Crippen molar-refractivity contribution in [3.63, 3.8) is 0 Å². The second-order valence-electron chi connectivity index (χ2n) is 6.26. The highest BCUT2D eigenvalue weighted by molar-refractivity contribution is 7.13. The van der Waals surface area contributed by atoms with E-state index in [9.17, 15) is 0 Å². The van der Waals surface area contributed by atoms with Crippen LogP contribution in [0.15, 0.2) is 50.7 Å². The van der Waals surface area contributed by atoms with Gasteiger partial charge in [-0.1, -0.05) is 26.0 Å². The van der Waals surface area contributed by atoms with Crippen molar-refractivity contribution in [2.45, 2.75) is 25.8 Å². The van der Waals surface area contributed by atoms with Gasteiger partial charge in [0.25, 0.3) is 0 Å². The Morgan fingerprint density at radius 3 is 2.68 bits per heavy atom. The first-order valence-corrected chi connectivity index (χ1v) is 9.81. The Kier molecular flexibility index (Phi) is 5.55. The van der Waals surface area contributed by atoms with E-state index in [-0.39, 0.29) is 5.41 Å². The van der Waals surface area contributed by atoms with Gasteiger partial charge in [-0.25, -0.2) is 4.98 Å². The van der Waals surface area contributed by atoms with Crippen LogP contribution in [0.2, 0.25) is 0 Å². The van der Waals surface area contributed by atoms with Crippen molar-refractivity contribution in [1.82, 2.24) is 15.6 Å². The van der Waals surface area contributed by atoms with Crippen molar-refractivity contribution in [1.29, 1.82) is 0 Å². The molecule has 0 amide bonds. The van der Waals surface area contributed by atoms with Gasteiger partial charge in [0.2, 0.25) is 5.89 Å². The lowest BCUT2D eigenvalue weighted by Gasteiger charge is -2.24. The third-order valence-electron chi connectivity index (χ3n) is 3.83. The number of hydrogen-bond acceptors (Lipinski definition) is 5. The zero-order valence-corrected chi connectivity index (χ0v) is 16.2. The Morgan fingerprint density at radius 2 is 2.00 bits per heavy atom. The second-order valence-corrected chi connectivity index (χ2v) is 8.16. The molecule has 0 saturated heterocycles. The third kappa shape index (κ3) is 4.49. The van der Waals surface area contributed by atoms with E-state index in [0.717, 1.165) is 23.1 Å². The first-order valence-electron chi connectivity index (χ1n) is 8.05. The molecule has 0 fully saturated rings. The van der Waals surface area contributed by atoms with Crippen LogP contribution in [0, 0.1) is 0 Å². The summed E-state index contributed by atoms with van der Waals surface area (Å²) in [6.07, 6.45) is 1.69. The number of thiophene rings is 2. The average molecular weight is 375 g/mol. The highest BCUT2D eigenvalue weighted by Crippen LogP contribution is 2.26. The molecule has 3 aromatic heterocycles. The summed E-state index contributed by atoms with van der Waals surface area (Å²) >= 11 is 3.40. The molecule has 0 aromatic carbocycles. The molecule has 7 heteroatoms. The summed E-state index contributed by atoms with van der Waals surface area (Å²) in [7, 11) is 1.77. The Bertz CT molecular complexity index is 804. The molecule has 5 nitrogen and oxygen atoms in total. The number of oxazole rings is 1. The molecule has 25 heavy (non-hydrogen) atoms. The Balaban J connectivity index is 1.53. The molecule has 0 spiro atoms. The summed E-state index contributed by atoms with van der Waals surface area (Å²) in [4.78, 5) is 11.2. The van der Waals surface area contributed by atoms with E-state index in [1.54, 1.807) is 36.0 Å². The number of hydrogen-bond donors (Lipinski definition) is 2. The molecule has 0 unspecified atom stereocenters. The molecule has 0 aliphatic heterocycles. The maximum atomic E-state index is 5.54. The standard InChI is InChI=1S/C18H22N4OS2/c1-18(2,15-7-5-9-25-15)12-21-17(19-3)20-10-13-11-23-16(22-13)14-6-4-8-24-14/h4-9,11H,10,12H2,1-3H3,(H2,19,20,21). The van der Waals surface area contributed by atoms with Gasteiger partial charge in [-0.2, -0.15) is 0 Å². The minimum atomic E-state index is 0.0476. The lowest BCUT2D eigenvalue weighted by atomic mass is 9.91. The van der Waals surface area contributed by atoms with Crippen LogP contribution in [0.4, 0.5) is 0 Å². The first kappa shape index (κ1) is 17.7. The van der Waals surface area contributed by atoms with Crippen molar-refractivity contribution >= 4 is 28.6 Å². The number of aliphatic imine (C=N–C) groups is 1. The number of nitrogens with one attached hydrogen (secondary N) is 2. The lowest BCUT2D eigenvalue weighted by molar-refractivity contribution is 0.518. The predicted molar refractivity (Wildman–Crippen MR) is 105 cm³/mol. The van der Waals surface area contributed by atoms with E-state index in [1.807, 2.05) is 17.5 Å². The van der Waals surface area contributed by atoms with E-state index >= 15 is 0 Å². The Labute approximate surface area is 155 Å². The van der Waals surface area contributed by atoms with Crippen molar-refractivity contribution < 1.29 is 4.42 Å². The van der Waals surface area contributed by atoms with Gasteiger partial charge in [0.1, 0.15) is 6.26 Å². The van der Waals surface area contributed by atoms with Crippen LogP contribution >= 0.6 is 22.7 Å². The second kappa shape index (κ2) is 7.84. The molecule has 2 N–H and O–H groups in total. The minimum absolute atomic E-state index is 0.0476. The summed E-state index contributed by atoms with van der Waals surface area (Å²) in [6, 6.07) is 8.25. The summed E-state index contributed by atoms with van der Waals surface area (Å²) in [5.74, 6) is 1.42. The van der Waals surface area contributed by atoms with E-state index in [0.29, 0.717) is 12.4 Å². The first-order chi connectivity index (χ1) is 12.1. The number of rotatable bonds is 6. The van der Waals surface area contributed by atoms with Crippen molar-refractivity contribution in [2.75, 3.05) is 13.6 Å². The largest absolute Gasteiger partial charge is 0.443 e. The molecule has 132 valence electrons. The van der Waals surface area contributed by atoms with Crippen LogP contribution in [0.5, 0.6) is 0 Å². The fourth-order valence-corrected chi connectivity index (χ4v) is 3.86. The molecule has 0 aliphatic rings. The van der Waals surface area contributed by atoms with E-state index in [2.05, 4.69) is 52.0 Å². The van der Waals surface area contributed by atoms with Gasteiger partial charge < -0.3 is 15.1 Å². The molecule has 0 saturated carbocycles. The smallest absolute Gasteiger partial charge is 0.236 e. The maximum absolute atomic E-state index is 5.54. The molecule has 3 heterocycles. The van der Waals surface area contributed by atoms with Crippen LogP contribution < -0.4 is 10.6 Å². The van der Waals surface area contributed by atoms with E-state index < -0.39 is 0 Å². The summed E-state index contributed by atoms with van der Waals surface area (Å²) in [6.45, 7) is 5.81. The van der Waals surface area contributed by atoms with Gasteiger partial charge in [-0.05, 0) is 22.9 Å². The van der Waals surface area contributed by atoms with Gasteiger partial charge in [-0.15, -0.1) is 22.7 Å². The van der Waals surface area contributed by atoms with Gasteiger partial charge in [-0.3, -0.25) is 4.99 Å². The lowest BCUT2D eigenvalue weighted by Crippen LogP contribution is -2.43. The quantitative estimate of drug-likeness (QED) is 0.503. The van der Waals surface area contributed by atoms with Crippen LogP contribution in [0.3, 0.4) is 0 Å². The molecular formula is C18H22N4OS2. The molecule has 3 aromatic rings. The fourth-order valence-electron chi connectivity index (χ4n) is 2.35. The molecule has 3 rings (SSSR count). The van der Waals surface area contributed by atoms with Gasteiger partial charge in [0.05, 0.1) is 17.1 Å². The molecule has 0 radical (unpaired) electrons. The predicted octanol–water partition coefficient (Wildman–Crippen LogP) is 4.11. The van der Waals surface area contributed by atoms with Crippen molar-refractivity contribution in [3.05, 3.63) is 51.9 Å². The van der Waals surface area contributed by atoms with Crippen molar-refractivity contribution in [2.24, 2.45) is 4.99 Å². The highest BCUT2D eigenvalue weighted by atomic mass is 32.1. The van der Waals surface area contributed by atoms with Gasteiger partial charge in [0.15, 0.2) is 5.96 Å². The summed E-state index contributed by atoms with van der Waals surface area (Å²) < 4.78 is 5.54. The fraction of sp³-hybridized carbons (Fsp3) is 0.333. The zero-order chi connectivity index (χ0) is 17.7. The third-order valence-corrected chi connectivity index (χ3v) is 5.92. The van der Waals surface area contributed by atoms with Crippen LogP contribution in [-0.2, 0) is 12.0 Å². The van der Waals surface area contributed by atoms with Crippen LogP contribution in [0.1, 0.15) is 24.4 Å². The maximum Gasteiger partial charge on any atom is 0.236 e. The Morgan fingerprint density at radius 1 is 1.20 bits per heavy atom. The highest BCUT2D eigenvalue weighted by Gasteiger charge is 2.22. The van der Waals surface area contributed by atoms with Crippen LogP contribution in [0.25, 0.3) is 10.8 Å². The molecule has 0 atom stereocenters. The minimum Gasteiger partial charge on any atom is -0.443 e. The SMILES string of the molecule is CN=C(NCc1coc(-c2cccs2)n1)NCC(C)(C)c1cccs1. The number of aromatic nitrogens is 1. The average Bonchev–Trinajstić information content (AvgIpc) is 3.34. The summed E-state index contributed by atoms with van der Waals surface area (Å²) in [5, 5.41) is 10.8. The molecule has 0 bridgehead atoms. The normalized spacial score (nSPS) is 12.4. The topological polar surface area (TPSA) is 62.5 Å². The van der Waals surface area contributed by atoms with Gasteiger partial charge in [0, 0.05) is 23.9 Å². The monoisotopic (exact) mass is 374 g/mol. The Hall–Kier alpha value is -2.12. The van der Waals surface area contributed by atoms with Crippen LogP contribution in [-0.4, -0.2) is 24.5 Å². The van der Waals surface area contributed by atoms with Crippen molar-refractivity contribution in [3.8, 4) is 10.8 Å². The molecular weight excluding hydrogens is 352 g/mol. The number of nitrogens with zero attached hydrogens (tertiary/aromatic N) is 2. The van der Waals surface area contributed by atoms with Gasteiger partial charge >= 0.3 is 0 Å². The zero-order valence-electron chi connectivity index (χ0n) is 14.6. The van der Waals surface area contributed by atoms with E-state index in [1.165, 1.54) is 4.88 Å².